The Morgan fingerprint density at radius 2 is 2.20 bits per heavy atom. The molecule has 1 N–H and O–H groups in total. The molecule has 0 aliphatic rings. The summed E-state index contributed by atoms with van der Waals surface area (Å²) in [6.45, 7) is 0. The van der Waals surface area contributed by atoms with Gasteiger partial charge in [-0.3, -0.25) is 4.98 Å². The summed E-state index contributed by atoms with van der Waals surface area (Å²) < 4.78 is 1.41. The number of hydrogen-bond acceptors (Lipinski definition) is 3. The first-order valence-electron chi connectivity index (χ1n) is 4.06. The van der Waals surface area contributed by atoms with Gasteiger partial charge in [-0.25, -0.2) is 9.48 Å². The smallest absolute Gasteiger partial charge is 0.338 e. The maximum absolute atomic E-state index is 10.6. The van der Waals surface area contributed by atoms with Crippen molar-refractivity contribution in [2.75, 3.05) is 0 Å². The number of carbonyl (C=O) groups is 1. The molecule has 0 saturated carbocycles. The van der Waals surface area contributed by atoms with Gasteiger partial charge in [0.1, 0.15) is 0 Å². The average Bonchev–Trinajstić information content (AvgIpc) is 2.66. The summed E-state index contributed by atoms with van der Waals surface area (Å²) in [5.41, 5.74) is 0.741. The molecule has 2 rings (SSSR count). The minimum absolute atomic E-state index is 0.120. The fourth-order valence-corrected chi connectivity index (χ4v) is 1.27. The largest absolute Gasteiger partial charge is 0.478 e. The van der Waals surface area contributed by atoms with Crippen LogP contribution in [-0.2, 0) is 0 Å². The topological polar surface area (TPSA) is 68.0 Å². The highest BCUT2D eigenvalue weighted by Crippen LogP contribution is 2.12. The molecule has 2 aromatic rings. The Kier molecular flexibility index (Phi) is 2.39. The molecule has 6 heteroatoms. The van der Waals surface area contributed by atoms with E-state index in [0.717, 1.165) is 0 Å². The zero-order valence-electron chi connectivity index (χ0n) is 7.46. The molecule has 0 fully saturated rings. The highest BCUT2D eigenvalue weighted by molar-refractivity contribution is 6.30. The summed E-state index contributed by atoms with van der Waals surface area (Å²) in [7, 11) is 0. The molecule has 0 aromatic carbocycles. The Morgan fingerprint density at radius 3 is 2.80 bits per heavy atom. The summed E-state index contributed by atoms with van der Waals surface area (Å²) >= 11 is 5.74. The van der Waals surface area contributed by atoms with Gasteiger partial charge in [-0.2, -0.15) is 5.10 Å². The molecular weight excluding hydrogens is 218 g/mol. The van der Waals surface area contributed by atoms with Crippen LogP contribution in [0, 0.1) is 0 Å². The number of carboxylic acid groups (broad SMARTS) is 1. The van der Waals surface area contributed by atoms with E-state index in [1.807, 2.05) is 0 Å². The molecule has 0 aliphatic heterocycles. The lowest BCUT2D eigenvalue weighted by Crippen LogP contribution is -1.96. The zero-order chi connectivity index (χ0) is 10.8. The number of pyridine rings is 1. The first-order chi connectivity index (χ1) is 7.16. The molecule has 0 saturated heterocycles. The van der Waals surface area contributed by atoms with E-state index >= 15 is 0 Å². The summed E-state index contributed by atoms with van der Waals surface area (Å²) in [5.74, 6) is -1.02. The maximum atomic E-state index is 10.6. The van der Waals surface area contributed by atoms with E-state index in [1.165, 1.54) is 23.3 Å². The Hall–Kier alpha value is -1.88. The van der Waals surface area contributed by atoms with Crippen LogP contribution in [0.3, 0.4) is 0 Å². The quantitative estimate of drug-likeness (QED) is 0.840. The summed E-state index contributed by atoms with van der Waals surface area (Å²) in [5, 5.41) is 13.1. The molecule has 0 unspecified atom stereocenters. The SMILES string of the molecule is O=C(O)c1cnn(-c2cncc(Cl)c2)c1. The molecule has 0 atom stereocenters. The van der Waals surface area contributed by atoms with Crippen LogP contribution in [0.2, 0.25) is 5.02 Å². The van der Waals surface area contributed by atoms with E-state index in [4.69, 9.17) is 16.7 Å². The van der Waals surface area contributed by atoms with Crippen molar-refractivity contribution in [3.05, 3.63) is 41.4 Å². The van der Waals surface area contributed by atoms with E-state index in [2.05, 4.69) is 10.1 Å². The molecular formula is C9H6ClN3O2. The molecule has 0 bridgehead atoms. The van der Waals surface area contributed by atoms with Crippen LogP contribution < -0.4 is 0 Å². The second-order valence-electron chi connectivity index (χ2n) is 2.84. The van der Waals surface area contributed by atoms with Gasteiger partial charge in [-0.15, -0.1) is 0 Å². The van der Waals surface area contributed by atoms with Gasteiger partial charge in [-0.1, -0.05) is 11.6 Å². The van der Waals surface area contributed by atoms with Crippen LogP contribution in [0.4, 0.5) is 0 Å². The van der Waals surface area contributed by atoms with E-state index < -0.39 is 5.97 Å². The predicted octanol–water partition coefficient (Wildman–Crippen LogP) is 1.62. The molecule has 5 nitrogen and oxygen atoms in total. The number of hydrogen-bond donors (Lipinski definition) is 1. The molecule has 76 valence electrons. The van der Waals surface area contributed by atoms with Gasteiger partial charge in [0.05, 0.1) is 28.7 Å². The Bertz CT molecular complexity index is 510. The van der Waals surface area contributed by atoms with Crippen LogP contribution in [0.1, 0.15) is 10.4 Å². The lowest BCUT2D eigenvalue weighted by molar-refractivity contribution is 0.0697. The van der Waals surface area contributed by atoms with Crippen molar-refractivity contribution in [2.24, 2.45) is 0 Å². The predicted molar refractivity (Wildman–Crippen MR) is 53.3 cm³/mol. The van der Waals surface area contributed by atoms with Gasteiger partial charge < -0.3 is 5.11 Å². The van der Waals surface area contributed by atoms with Gasteiger partial charge in [0.2, 0.25) is 0 Å². The van der Waals surface area contributed by atoms with Crippen molar-refractivity contribution in [3.8, 4) is 5.69 Å². The normalized spacial score (nSPS) is 10.2. The molecule has 0 radical (unpaired) electrons. The van der Waals surface area contributed by atoms with Crippen molar-refractivity contribution in [1.29, 1.82) is 0 Å². The van der Waals surface area contributed by atoms with Gasteiger partial charge in [0, 0.05) is 12.4 Å². The second-order valence-corrected chi connectivity index (χ2v) is 3.28. The van der Waals surface area contributed by atoms with E-state index in [9.17, 15) is 4.79 Å². The van der Waals surface area contributed by atoms with Crippen LogP contribution in [0.15, 0.2) is 30.9 Å². The first-order valence-corrected chi connectivity index (χ1v) is 4.43. The van der Waals surface area contributed by atoms with Crippen LogP contribution in [-0.4, -0.2) is 25.8 Å². The molecule has 0 aliphatic carbocycles. The standard InChI is InChI=1S/C9H6ClN3O2/c10-7-1-8(4-11-3-7)13-5-6(2-12-13)9(14)15/h1-5H,(H,14,15). The summed E-state index contributed by atoms with van der Waals surface area (Å²) in [6, 6.07) is 1.65. The highest BCUT2D eigenvalue weighted by atomic mass is 35.5. The molecule has 0 spiro atoms. The monoisotopic (exact) mass is 223 g/mol. The van der Waals surface area contributed by atoms with Crippen molar-refractivity contribution < 1.29 is 9.90 Å². The maximum Gasteiger partial charge on any atom is 0.338 e. The Morgan fingerprint density at radius 1 is 1.40 bits per heavy atom. The van der Waals surface area contributed by atoms with Gasteiger partial charge in [0.25, 0.3) is 0 Å². The molecule has 2 heterocycles. The first kappa shape index (κ1) is 9.67. The van der Waals surface area contributed by atoms with Crippen LogP contribution >= 0.6 is 11.6 Å². The number of halogens is 1. The zero-order valence-corrected chi connectivity index (χ0v) is 8.22. The van der Waals surface area contributed by atoms with E-state index in [1.54, 1.807) is 12.3 Å². The van der Waals surface area contributed by atoms with E-state index in [0.29, 0.717) is 10.7 Å². The minimum atomic E-state index is -1.02. The average molecular weight is 224 g/mol. The third-order valence-corrected chi connectivity index (χ3v) is 1.99. The number of nitrogens with zero attached hydrogens (tertiary/aromatic N) is 3. The lowest BCUT2D eigenvalue weighted by atomic mass is 10.4. The highest BCUT2D eigenvalue weighted by Gasteiger charge is 2.07. The van der Waals surface area contributed by atoms with Crippen molar-refractivity contribution in [1.82, 2.24) is 14.8 Å². The van der Waals surface area contributed by atoms with Crippen LogP contribution in [0.25, 0.3) is 5.69 Å². The number of carboxylic acids is 1. The summed E-state index contributed by atoms with van der Waals surface area (Å²) in [6.07, 6.45) is 5.70. The fraction of sp³-hybridized carbons (Fsp3) is 0. The lowest BCUT2D eigenvalue weighted by Gasteiger charge is -1.99. The van der Waals surface area contributed by atoms with Gasteiger partial charge in [-0.05, 0) is 6.07 Å². The minimum Gasteiger partial charge on any atom is -0.478 e. The fourth-order valence-electron chi connectivity index (χ4n) is 1.10. The van der Waals surface area contributed by atoms with Crippen molar-refractivity contribution in [2.45, 2.75) is 0 Å². The van der Waals surface area contributed by atoms with Crippen LogP contribution in [0.5, 0.6) is 0 Å². The van der Waals surface area contributed by atoms with Gasteiger partial charge >= 0.3 is 5.97 Å². The van der Waals surface area contributed by atoms with Crippen molar-refractivity contribution >= 4 is 17.6 Å². The third-order valence-electron chi connectivity index (χ3n) is 1.78. The Labute approximate surface area is 89.9 Å². The Balaban J connectivity index is 2.41. The third kappa shape index (κ3) is 1.97. The molecule has 2 aromatic heterocycles. The number of aromatic nitrogens is 3. The molecule has 15 heavy (non-hydrogen) atoms. The second kappa shape index (κ2) is 3.70. The number of aromatic carboxylic acids is 1. The molecule has 0 amide bonds. The van der Waals surface area contributed by atoms with E-state index in [-0.39, 0.29) is 5.56 Å². The van der Waals surface area contributed by atoms with Gasteiger partial charge in [0.15, 0.2) is 0 Å². The van der Waals surface area contributed by atoms with Crippen molar-refractivity contribution in [3.63, 3.8) is 0 Å². The summed E-state index contributed by atoms with van der Waals surface area (Å²) in [4.78, 5) is 14.5. The number of rotatable bonds is 2.